The fourth-order valence-corrected chi connectivity index (χ4v) is 41.2. The summed E-state index contributed by atoms with van der Waals surface area (Å²) in [6.45, 7) is 17.8. The maximum Gasteiger partial charge on any atom is 0.156 e. The van der Waals surface area contributed by atoms with Crippen molar-refractivity contribution in [3.05, 3.63) is 0 Å². The molecule has 0 bridgehead atoms. The first-order valence-corrected chi connectivity index (χ1v) is 56.1. The van der Waals surface area contributed by atoms with Gasteiger partial charge in [0, 0.05) is 54.4 Å². The Morgan fingerprint density at radius 1 is 0.207 bits per heavy atom. The van der Waals surface area contributed by atoms with Crippen molar-refractivity contribution in [1.82, 2.24) is 14.7 Å². The molecule has 3 nitrogen and oxygen atoms in total. The Morgan fingerprint density at radius 3 is 0.914 bits per heavy atom. The average molecular weight is 1590 g/mol. The van der Waals surface area contributed by atoms with Crippen LogP contribution in [0.25, 0.3) is 0 Å². The van der Waals surface area contributed by atoms with E-state index >= 15 is 0 Å². The standard InChI is InChI=1S/C112H188BN3/c1-111(2,3)86-67-95(78-37-20-10-21-38-78)109(96(68-86)79-39-22-11-23-40-79)115-101-63-56-84(75-35-18-9-19-36-75)65-99(101)113-100-66-85(91-62-55-83-47-29-49-93-92-48-28-45-82-46-30-50-94(105(82)92)107(91)106(83)93)57-64-102(100)116(110-97(80-41-24-12-25-42-80)69-87(112(4,5)6)70-98(110)81-43-26-13-27-44-81)104-72-90(71-103(115)108(104)113)114(88-58-51-76(52-59-88)73-31-14-7-15-32-73)89-60-53-77(54-61-89)74-33-16-8-17-34-74/h73-110H,7-72H2,1-6H3. The van der Waals surface area contributed by atoms with Crippen molar-refractivity contribution in [3.63, 3.8) is 0 Å². The highest BCUT2D eigenvalue weighted by Gasteiger charge is 2.71. The van der Waals surface area contributed by atoms with Gasteiger partial charge < -0.3 is 0 Å². The van der Waals surface area contributed by atoms with Crippen molar-refractivity contribution in [3.8, 4) is 0 Å². The van der Waals surface area contributed by atoms with Gasteiger partial charge in [-0.05, 0) is 330 Å². The summed E-state index contributed by atoms with van der Waals surface area (Å²) in [4.78, 5) is 12.0. The van der Waals surface area contributed by atoms with Crippen molar-refractivity contribution < 1.29 is 0 Å². The minimum atomic E-state index is 0.391. The minimum Gasteiger partial charge on any atom is -0.295 e. The van der Waals surface area contributed by atoms with Crippen molar-refractivity contribution in [2.45, 2.75) is 537 Å². The van der Waals surface area contributed by atoms with Gasteiger partial charge in [0.2, 0.25) is 0 Å². The highest BCUT2D eigenvalue weighted by molar-refractivity contribution is 6.65. The van der Waals surface area contributed by atoms with Crippen LogP contribution >= 0.6 is 0 Å². The van der Waals surface area contributed by atoms with E-state index < -0.39 is 0 Å². The molecule has 0 radical (unpaired) electrons. The Hall–Kier alpha value is -0.0551. The van der Waals surface area contributed by atoms with Crippen LogP contribution in [0.3, 0.4) is 0 Å². The van der Waals surface area contributed by atoms with Crippen LogP contribution in [0.15, 0.2) is 0 Å². The van der Waals surface area contributed by atoms with E-state index in [2.05, 4.69) is 56.2 Å². The fourth-order valence-electron chi connectivity index (χ4n) is 41.2. The average Bonchev–Trinajstić information content (AvgIpc) is 0.683. The van der Waals surface area contributed by atoms with Gasteiger partial charge in [0.05, 0.1) is 0 Å². The molecule has 654 valence electrons. The molecule has 4 heteroatoms. The molecule has 0 spiro atoms. The van der Waals surface area contributed by atoms with Crippen LogP contribution in [-0.4, -0.2) is 75.8 Å². The molecule has 21 fully saturated rings. The van der Waals surface area contributed by atoms with E-state index in [1.807, 2.05) is 0 Å². The van der Waals surface area contributed by atoms with E-state index in [9.17, 15) is 0 Å². The molecule has 0 N–H and O–H groups in total. The van der Waals surface area contributed by atoms with Gasteiger partial charge in [0.25, 0.3) is 0 Å². The second-order valence-electron chi connectivity index (χ2n) is 52.3. The summed E-state index contributed by atoms with van der Waals surface area (Å²) < 4.78 is 0. The molecule has 21 rings (SSSR count). The van der Waals surface area contributed by atoms with Crippen molar-refractivity contribution >= 4 is 6.71 Å². The number of hydrogen-bond donors (Lipinski definition) is 0. The molecule has 116 heavy (non-hydrogen) atoms. The normalized spacial score (nSPS) is 48.2. The van der Waals surface area contributed by atoms with Gasteiger partial charge in [-0.3, -0.25) is 14.7 Å². The molecule has 0 aromatic carbocycles. The van der Waals surface area contributed by atoms with Crippen molar-refractivity contribution in [2.75, 3.05) is 0 Å². The Balaban J connectivity index is 0.763. The number of nitrogens with zero attached hydrogens (tertiary/aromatic N) is 3. The van der Waals surface area contributed by atoms with Gasteiger partial charge in [-0.15, -0.1) is 0 Å². The largest absolute Gasteiger partial charge is 0.295 e. The molecule has 0 aromatic heterocycles. The minimum absolute atomic E-state index is 0.391. The van der Waals surface area contributed by atoms with E-state index in [0.717, 1.165) is 232 Å². The quantitative estimate of drug-likeness (QED) is 0.170. The first-order valence-electron chi connectivity index (χ1n) is 56.1. The van der Waals surface area contributed by atoms with Crippen molar-refractivity contribution in [2.24, 2.45) is 165 Å². The summed E-state index contributed by atoms with van der Waals surface area (Å²) in [5.74, 6) is 29.1. The first-order chi connectivity index (χ1) is 56.8. The van der Waals surface area contributed by atoms with Gasteiger partial charge in [0.1, 0.15) is 0 Å². The van der Waals surface area contributed by atoms with Crippen LogP contribution in [0.5, 0.6) is 0 Å². The Kier molecular flexibility index (Phi) is 25.6. The molecule has 2 aliphatic heterocycles. The predicted octanol–water partition coefficient (Wildman–Crippen LogP) is 31.0. The lowest BCUT2D eigenvalue weighted by molar-refractivity contribution is -0.169. The summed E-state index contributed by atoms with van der Waals surface area (Å²) in [5, 5.41) is 0. The lowest BCUT2D eigenvalue weighted by Crippen LogP contribution is -2.78. The Bertz CT molecular complexity index is 2980. The lowest BCUT2D eigenvalue weighted by atomic mass is 9.17. The van der Waals surface area contributed by atoms with E-state index in [4.69, 9.17) is 0 Å². The Labute approximate surface area is 718 Å². The second-order valence-corrected chi connectivity index (χ2v) is 52.3. The molecule has 23 unspecified atom stereocenters. The molecule has 2 saturated heterocycles. The maximum atomic E-state index is 4.09. The summed E-state index contributed by atoms with van der Waals surface area (Å²) in [6.07, 6.45) is 105. The Morgan fingerprint density at radius 2 is 0.517 bits per heavy atom. The monoisotopic (exact) mass is 1590 g/mol. The van der Waals surface area contributed by atoms with Crippen molar-refractivity contribution in [1.29, 1.82) is 0 Å². The molecule has 2 heterocycles. The molecular formula is C112H188BN3. The van der Waals surface area contributed by atoms with Gasteiger partial charge in [-0.2, -0.15) is 0 Å². The third-order valence-electron chi connectivity index (χ3n) is 45.9. The van der Waals surface area contributed by atoms with Crippen LogP contribution in [0.2, 0.25) is 17.5 Å². The summed E-state index contributed by atoms with van der Waals surface area (Å²) >= 11 is 0. The zero-order valence-corrected chi connectivity index (χ0v) is 77.5. The van der Waals surface area contributed by atoms with Gasteiger partial charge in [-0.25, -0.2) is 0 Å². The maximum absolute atomic E-state index is 4.09. The number of hydrogen-bond acceptors (Lipinski definition) is 3. The van der Waals surface area contributed by atoms with E-state index in [-0.39, 0.29) is 0 Å². The number of rotatable bonds is 13. The molecular weight excluding hydrogens is 1400 g/mol. The topological polar surface area (TPSA) is 9.72 Å². The van der Waals surface area contributed by atoms with Gasteiger partial charge in [0.15, 0.2) is 6.71 Å². The SMILES string of the molecule is CC(C)(C)C1CC(C2CCCCC2)C(N2C3CCC(C4CCCCC4)CC3B3C4CC(C5CCC6CCCC7C8CCCC9CCCC(C98)C5C67)CCC4N(C4C(C5CCCCC5)CC(C(C)(C)C)CC4C4CCCCC4)C4CC(N(C5CCC(C6CCCCC6)CC5)C5CCC(C6CCCCC6)CC5)CC2C34)C(C2CCCCC2)C1. The third kappa shape index (κ3) is 16.0. The smallest absolute Gasteiger partial charge is 0.156 e. The van der Waals surface area contributed by atoms with Crippen LogP contribution in [0.4, 0.5) is 0 Å². The van der Waals surface area contributed by atoms with Crippen LogP contribution in [0, 0.1) is 165 Å². The third-order valence-corrected chi connectivity index (χ3v) is 45.9. The summed E-state index contributed by atoms with van der Waals surface area (Å²) in [6, 6.07) is 7.38. The van der Waals surface area contributed by atoms with Gasteiger partial charge in [-0.1, -0.05) is 318 Å². The van der Waals surface area contributed by atoms with E-state index in [0.29, 0.717) is 10.8 Å². The highest BCUT2D eigenvalue weighted by atomic mass is 15.3. The second kappa shape index (κ2) is 35.9. The molecule has 21 aliphatic rings. The zero-order chi connectivity index (χ0) is 77.9. The fraction of sp³-hybridized carbons (Fsp3) is 1.00. The summed E-state index contributed by atoms with van der Waals surface area (Å²) in [5.41, 5.74) is 0.783. The molecule has 19 saturated carbocycles. The van der Waals surface area contributed by atoms with E-state index in [1.165, 1.54) is 44.9 Å². The molecule has 23 atom stereocenters. The number of fused-ring (bicyclic) bond motifs is 6. The first kappa shape index (κ1) is 82.9. The summed E-state index contributed by atoms with van der Waals surface area (Å²) in [7, 11) is 0. The molecule has 0 amide bonds. The predicted molar refractivity (Wildman–Crippen MR) is 491 cm³/mol. The zero-order valence-electron chi connectivity index (χ0n) is 77.5. The van der Waals surface area contributed by atoms with Crippen LogP contribution in [-0.2, 0) is 0 Å². The molecule has 19 aliphatic carbocycles. The van der Waals surface area contributed by atoms with E-state index in [1.54, 1.807) is 379 Å². The van der Waals surface area contributed by atoms with Gasteiger partial charge >= 0.3 is 0 Å². The lowest BCUT2D eigenvalue weighted by Gasteiger charge is -2.73. The highest BCUT2D eigenvalue weighted by Crippen LogP contribution is 2.72. The van der Waals surface area contributed by atoms with Crippen LogP contribution in [0.1, 0.15) is 465 Å². The molecule has 0 aromatic rings. The van der Waals surface area contributed by atoms with Crippen LogP contribution < -0.4 is 0 Å².